The second kappa shape index (κ2) is 11.1. The molecule has 3 saturated heterocycles. The van der Waals surface area contributed by atoms with Crippen molar-refractivity contribution in [3.8, 4) is 5.75 Å². The van der Waals surface area contributed by atoms with Gasteiger partial charge in [-0.15, -0.1) is 11.8 Å². The van der Waals surface area contributed by atoms with Crippen molar-refractivity contribution in [1.29, 1.82) is 0 Å². The second-order valence-corrected chi connectivity index (χ2v) is 13.7. The smallest absolute Gasteiger partial charge is 0.248 e. The monoisotopic (exact) mass is 615 g/mol. The number of thioether (sulfide) groups is 1. The number of nitrogens with zero attached hydrogens (tertiary/aromatic N) is 1. The molecule has 7 atom stereocenters. The fourth-order valence-corrected chi connectivity index (χ4v) is 10.1. The zero-order valence-corrected chi connectivity index (χ0v) is 24.6. The van der Waals surface area contributed by atoms with E-state index in [2.05, 4.69) is 26.6 Å². The number of aliphatic hydroxyl groups is 1. The minimum absolute atomic E-state index is 0.0352. The molecule has 1 spiro atoms. The average Bonchev–Trinajstić information content (AvgIpc) is 3.51. The molecule has 39 heavy (non-hydrogen) atoms. The van der Waals surface area contributed by atoms with E-state index in [0.29, 0.717) is 30.0 Å². The molecule has 10 heteroatoms. The van der Waals surface area contributed by atoms with Crippen molar-refractivity contribution in [2.75, 3.05) is 24.4 Å². The van der Waals surface area contributed by atoms with Crippen LogP contribution in [0.3, 0.4) is 0 Å². The van der Waals surface area contributed by atoms with Gasteiger partial charge in [-0.25, -0.2) is 0 Å². The van der Waals surface area contributed by atoms with Gasteiger partial charge in [0.1, 0.15) is 11.8 Å². The summed E-state index contributed by atoms with van der Waals surface area (Å²) in [6.07, 6.45) is 1.12. The summed E-state index contributed by atoms with van der Waals surface area (Å²) in [6.45, 7) is 3.80. The quantitative estimate of drug-likeness (QED) is 0.366. The Labute approximate surface area is 241 Å². The third kappa shape index (κ3) is 4.95. The van der Waals surface area contributed by atoms with Crippen LogP contribution in [-0.2, 0) is 14.4 Å². The molecule has 8 nitrogen and oxygen atoms in total. The predicted molar refractivity (Wildman–Crippen MR) is 156 cm³/mol. The van der Waals surface area contributed by atoms with E-state index in [-0.39, 0.29) is 40.3 Å². The molecule has 2 aromatic rings. The van der Waals surface area contributed by atoms with Crippen LogP contribution in [0.15, 0.2) is 54.6 Å². The minimum Gasteiger partial charge on any atom is -0.497 e. The Kier molecular flexibility index (Phi) is 7.99. The number of rotatable bonds is 9. The Morgan fingerprint density at radius 2 is 1.74 bits per heavy atom. The van der Waals surface area contributed by atoms with Gasteiger partial charge in [-0.1, -0.05) is 48.0 Å². The molecule has 0 saturated carbocycles. The van der Waals surface area contributed by atoms with E-state index in [1.165, 1.54) is 0 Å². The molecular weight excluding hydrogens is 582 g/mol. The Morgan fingerprint density at radius 1 is 1.10 bits per heavy atom. The number of hydrogen-bond acceptors (Lipinski definition) is 6. The number of anilines is 2. The Balaban J connectivity index is 1.52. The third-order valence-corrected chi connectivity index (χ3v) is 11.2. The summed E-state index contributed by atoms with van der Waals surface area (Å²) in [4.78, 5) is 43.6. The SMILES string of the molecule is COc1ccc(NC(=O)C2N([C@@H](CO)CC(C)C)C(=O)[C@@H]3[C@H](C(=O)Nc4ccccc4)[C@H]4SC23CC4Br)cc1. The number of ether oxygens (including phenoxy) is 1. The van der Waals surface area contributed by atoms with Gasteiger partial charge >= 0.3 is 0 Å². The molecular formula is C29H34BrN3O5S. The van der Waals surface area contributed by atoms with E-state index in [0.717, 1.165) is 0 Å². The fraction of sp³-hybridized carbons (Fsp3) is 0.483. The van der Waals surface area contributed by atoms with Gasteiger partial charge in [0, 0.05) is 21.5 Å². The molecule has 3 N–H and O–H groups in total. The summed E-state index contributed by atoms with van der Waals surface area (Å²) in [5.74, 6) is -1.17. The van der Waals surface area contributed by atoms with Crippen LogP contribution in [0.4, 0.5) is 11.4 Å². The van der Waals surface area contributed by atoms with E-state index < -0.39 is 28.7 Å². The van der Waals surface area contributed by atoms with Crippen molar-refractivity contribution < 1.29 is 24.2 Å². The zero-order chi connectivity index (χ0) is 27.9. The number of alkyl halides is 1. The van der Waals surface area contributed by atoms with Gasteiger partial charge in [-0.05, 0) is 55.2 Å². The van der Waals surface area contributed by atoms with Gasteiger partial charge in [0.05, 0.1) is 36.3 Å². The molecule has 2 aromatic carbocycles. The van der Waals surface area contributed by atoms with Crippen molar-refractivity contribution in [2.24, 2.45) is 17.8 Å². The largest absolute Gasteiger partial charge is 0.497 e. The number of fused-ring (bicyclic) bond motifs is 1. The van der Waals surface area contributed by atoms with Crippen LogP contribution in [0, 0.1) is 17.8 Å². The summed E-state index contributed by atoms with van der Waals surface area (Å²) in [5, 5.41) is 16.3. The van der Waals surface area contributed by atoms with Gasteiger partial charge in [-0.3, -0.25) is 14.4 Å². The molecule has 3 amide bonds. The first-order valence-electron chi connectivity index (χ1n) is 13.3. The van der Waals surface area contributed by atoms with Crippen LogP contribution in [0.5, 0.6) is 5.75 Å². The first-order chi connectivity index (χ1) is 18.7. The number of methoxy groups -OCH3 is 1. The number of carbonyl (C=O) groups excluding carboxylic acids is 3. The lowest BCUT2D eigenvalue weighted by molar-refractivity contribution is -0.141. The standard InChI is InChI=1S/C29H34BrN3O5S/c1-16(2)13-19(15-34)33-25(27(36)32-18-9-11-20(38-3)12-10-18)29-14-21(30)24(39-29)22(23(29)28(33)37)26(35)31-17-7-5-4-6-8-17/h4-12,16,19,21-25,34H,13-15H2,1-3H3,(H,31,35)(H,32,36)/t19-,21?,22+,23+,24+,25?,29?/m1/s1. The normalized spacial score (nSPS) is 29.8. The first kappa shape index (κ1) is 28.0. The van der Waals surface area contributed by atoms with Crippen LogP contribution in [-0.4, -0.2) is 68.4 Å². The Morgan fingerprint density at radius 3 is 2.36 bits per heavy atom. The molecule has 208 valence electrons. The molecule has 0 radical (unpaired) electrons. The molecule has 3 unspecified atom stereocenters. The van der Waals surface area contributed by atoms with Gasteiger partial charge < -0.3 is 25.4 Å². The number of hydrogen-bond donors (Lipinski definition) is 3. The first-order valence-corrected chi connectivity index (χ1v) is 15.1. The third-order valence-electron chi connectivity index (χ3n) is 8.02. The number of aliphatic hydroxyl groups excluding tert-OH is 1. The summed E-state index contributed by atoms with van der Waals surface area (Å²) >= 11 is 5.37. The number of halogens is 1. The van der Waals surface area contributed by atoms with E-state index in [4.69, 9.17) is 4.74 Å². The summed E-state index contributed by atoms with van der Waals surface area (Å²) in [7, 11) is 1.58. The highest BCUT2D eigenvalue weighted by atomic mass is 79.9. The van der Waals surface area contributed by atoms with Crippen molar-refractivity contribution in [2.45, 2.75) is 53.6 Å². The summed E-state index contributed by atoms with van der Waals surface area (Å²) in [5.41, 5.74) is 1.25. The lowest BCUT2D eigenvalue weighted by Gasteiger charge is -2.37. The summed E-state index contributed by atoms with van der Waals surface area (Å²) in [6, 6.07) is 14.9. The number of carbonyl (C=O) groups is 3. The average molecular weight is 617 g/mol. The lowest BCUT2D eigenvalue weighted by atomic mass is 9.70. The molecule has 2 bridgehead atoms. The molecule has 3 aliphatic heterocycles. The van der Waals surface area contributed by atoms with Gasteiger partial charge in [0.15, 0.2) is 0 Å². The van der Waals surface area contributed by atoms with Crippen molar-refractivity contribution in [3.05, 3.63) is 54.6 Å². The van der Waals surface area contributed by atoms with E-state index >= 15 is 0 Å². The lowest BCUT2D eigenvalue weighted by Crippen LogP contribution is -2.55. The maximum Gasteiger partial charge on any atom is 0.248 e. The van der Waals surface area contributed by atoms with Crippen LogP contribution < -0.4 is 15.4 Å². The van der Waals surface area contributed by atoms with E-state index in [9.17, 15) is 19.5 Å². The number of para-hydroxylation sites is 1. The van der Waals surface area contributed by atoms with Crippen molar-refractivity contribution in [3.63, 3.8) is 0 Å². The highest BCUT2D eigenvalue weighted by Gasteiger charge is 2.76. The Bertz CT molecular complexity index is 1230. The number of likely N-dealkylation sites (tertiary alicyclic amines) is 1. The van der Waals surface area contributed by atoms with Crippen LogP contribution >= 0.6 is 27.7 Å². The molecule has 3 heterocycles. The number of benzene rings is 2. The minimum atomic E-state index is -0.836. The van der Waals surface area contributed by atoms with Crippen LogP contribution in [0.25, 0.3) is 0 Å². The molecule has 5 rings (SSSR count). The van der Waals surface area contributed by atoms with Gasteiger partial charge in [0.25, 0.3) is 0 Å². The summed E-state index contributed by atoms with van der Waals surface area (Å²) < 4.78 is 4.44. The highest BCUT2D eigenvalue weighted by Crippen LogP contribution is 2.68. The number of amides is 3. The molecule has 0 aromatic heterocycles. The maximum atomic E-state index is 14.3. The fourth-order valence-electron chi connectivity index (χ4n) is 6.51. The van der Waals surface area contributed by atoms with Crippen LogP contribution in [0.1, 0.15) is 26.7 Å². The zero-order valence-electron chi connectivity index (χ0n) is 22.2. The maximum absolute atomic E-state index is 14.3. The topological polar surface area (TPSA) is 108 Å². The number of nitrogens with one attached hydrogen (secondary N) is 2. The molecule has 3 aliphatic rings. The second-order valence-electron chi connectivity index (χ2n) is 10.9. The molecule has 3 fully saturated rings. The van der Waals surface area contributed by atoms with Crippen molar-refractivity contribution >= 4 is 56.8 Å². The van der Waals surface area contributed by atoms with E-state index in [1.54, 1.807) is 48.0 Å². The van der Waals surface area contributed by atoms with Gasteiger partial charge in [-0.2, -0.15) is 0 Å². The van der Waals surface area contributed by atoms with Gasteiger partial charge in [0.2, 0.25) is 17.7 Å². The predicted octanol–water partition coefficient (Wildman–Crippen LogP) is 4.14. The highest BCUT2D eigenvalue weighted by molar-refractivity contribution is 9.09. The van der Waals surface area contributed by atoms with Crippen molar-refractivity contribution in [1.82, 2.24) is 4.90 Å². The Hall–Kier alpha value is -2.56. The van der Waals surface area contributed by atoms with E-state index in [1.807, 2.05) is 44.2 Å². The van der Waals surface area contributed by atoms with Crippen LogP contribution in [0.2, 0.25) is 0 Å². The molecule has 0 aliphatic carbocycles.